The number of carbonyl (C=O) groups is 1. The summed E-state index contributed by atoms with van der Waals surface area (Å²) in [7, 11) is 0. The number of rotatable bonds is 6. The standard InChI is InChI=1S/C28H27FN4O/c29-26-6-5-21(18-30)17-24(26)22-10-15-32(16-11-22)28(34)25-19-33(27-4-2-1-3-23(25)27)14-9-20-7-12-31-13-8-20/h1-8,10,12-13,15,17,19,22H,9,11,14,16,18,30H2. The molecule has 1 unspecified atom stereocenters. The van der Waals surface area contributed by atoms with Crippen LogP contribution in [0.3, 0.4) is 0 Å². The van der Waals surface area contributed by atoms with Gasteiger partial charge in [0.05, 0.1) is 5.56 Å². The molecule has 172 valence electrons. The van der Waals surface area contributed by atoms with Gasteiger partial charge in [0.15, 0.2) is 0 Å². The molecule has 0 saturated carbocycles. The van der Waals surface area contributed by atoms with E-state index in [0.717, 1.165) is 29.4 Å². The lowest BCUT2D eigenvalue weighted by Crippen LogP contribution is -2.30. The van der Waals surface area contributed by atoms with Crippen LogP contribution in [-0.2, 0) is 19.5 Å². The Kier molecular flexibility index (Phi) is 6.23. The fourth-order valence-corrected chi connectivity index (χ4v) is 4.65. The van der Waals surface area contributed by atoms with Crippen molar-refractivity contribution in [3.05, 3.63) is 114 Å². The van der Waals surface area contributed by atoms with Crippen molar-refractivity contribution < 1.29 is 9.18 Å². The summed E-state index contributed by atoms with van der Waals surface area (Å²) in [4.78, 5) is 19.3. The molecule has 1 atom stereocenters. The Morgan fingerprint density at radius 1 is 1.09 bits per heavy atom. The van der Waals surface area contributed by atoms with Gasteiger partial charge in [-0.2, -0.15) is 0 Å². The summed E-state index contributed by atoms with van der Waals surface area (Å²) >= 11 is 0. The maximum absolute atomic E-state index is 14.4. The van der Waals surface area contributed by atoms with E-state index in [1.807, 2.05) is 54.7 Å². The van der Waals surface area contributed by atoms with Crippen LogP contribution in [-0.4, -0.2) is 26.9 Å². The van der Waals surface area contributed by atoms with Crippen LogP contribution >= 0.6 is 0 Å². The van der Waals surface area contributed by atoms with Crippen LogP contribution in [0.5, 0.6) is 0 Å². The number of aromatic nitrogens is 2. The van der Waals surface area contributed by atoms with Crippen LogP contribution in [0.1, 0.15) is 39.4 Å². The number of aryl methyl sites for hydroxylation is 2. The topological polar surface area (TPSA) is 64.2 Å². The summed E-state index contributed by atoms with van der Waals surface area (Å²) in [6.07, 6.45) is 10.8. The summed E-state index contributed by atoms with van der Waals surface area (Å²) in [6, 6.07) is 17.0. The zero-order valence-corrected chi connectivity index (χ0v) is 18.9. The number of nitrogens with zero attached hydrogens (tertiary/aromatic N) is 3. The average Bonchev–Trinajstić information content (AvgIpc) is 3.27. The van der Waals surface area contributed by atoms with Crippen LogP contribution in [0.15, 0.2) is 85.5 Å². The Morgan fingerprint density at radius 2 is 1.91 bits per heavy atom. The minimum absolute atomic E-state index is 0.0373. The number of amides is 1. The number of fused-ring (bicyclic) bond motifs is 1. The number of benzene rings is 2. The zero-order valence-electron chi connectivity index (χ0n) is 18.9. The molecule has 34 heavy (non-hydrogen) atoms. The second-order valence-electron chi connectivity index (χ2n) is 8.65. The molecule has 4 aromatic rings. The maximum atomic E-state index is 14.4. The molecule has 3 heterocycles. The van der Waals surface area contributed by atoms with E-state index >= 15 is 0 Å². The van der Waals surface area contributed by atoms with Gasteiger partial charge in [0.1, 0.15) is 5.82 Å². The number of pyridine rings is 1. The fraction of sp³-hybridized carbons (Fsp3) is 0.214. The molecule has 0 saturated heterocycles. The van der Waals surface area contributed by atoms with Gasteiger partial charge < -0.3 is 15.2 Å². The first-order chi connectivity index (χ1) is 16.6. The molecule has 2 N–H and O–H groups in total. The van der Waals surface area contributed by atoms with Crippen LogP contribution in [0.25, 0.3) is 10.9 Å². The Morgan fingerprint density at radius 3 is 2.68 bits per heavy atom. The Labute approximate surface area is 198 Å². The highest BCUT2D eigenvalue weighted by Crippen LogP contribution is 2.30. The number of nitrogens with two attached hydrogens (primary N) is 1. The highest BCUT2D eigenvalue weighted by Gasteiger charge is 2.24. The van der Waals surface area contributed by atoms with Crippen molar-refractivity contribution >= 4 is 16.8 Å². The first-order valence-corrected chi connectivity index (χ1v) is 11.6. The Bertz CT molecular complexity index is 1350. The van der Waals surface area contributed by atoms with Gasteiger partial charge in [0.25, 0.3) is 5.91 Å². The van der Waals surface area contributed by atoms with Gasteiger partial charge in [-0.25, -0.2) is 4.39 Å². The zero-order chi connectivity index (χ0) is 23.5. The molecule has 2 aromatic heterocycles. The molecule has 1 aliphatic heterocycles. The van der Waals surface area contributed by atoms with E-state index in [2.05, 4.69) is 9.55 Å². The molecule has 2 aromatic carbocycles. The van der Waals surface area contributed by atoms with Crippen molar-refractivity contribution in [2.24, 2.45) is 5.73 Å². The van der Waals surface area contributed by atoms with Gasteiger partial charge in [-0.15, -0.1) is 0 Å². The van der Waals surface area contributed by atoms with E-state index < -0.39 is 0 Å². The van der Waals surface area contributed by atoms with E-state index in [0.29, 0.717) is 30.6 Å². The molecule has 1 amide bonds. The largest absolute Gasteiger partial charge is 0.346 e. The SMILES string of the molecule is NCc1ccc(F)c(C2C=CN(C(=O)c3cn(CCc4ccncc4)c4ccccc34)CC2)c1. The Hall–Kier alpha value is -3.77. The maximum Gasteiger partial charge on any atom is 0.259 e. The third kappa shape index (κ3) is 4.37. The molecule has 0 fully saturated rings. The van der Waals surface area contributed by atoms with Gasteiger partial charge >= 0.3 is 0 Å². The number of carbonyl (C=O) groups excluding carboxylic acids is 1. The molecule has 0 bridgehead atoms. The van der Waals surface area contributed by atoms with Crippen molar-refractivity contribution in [2.45, 2.75) is 31.8 Å². The molecule has 6 heteroatoms. The van der Waals surface area contributed by atoms with Gasteiger partial charge in [-0.05, 0) is 53.8 Å². The molecule has 0 aliphatic carbocycles. The predicted molar refractivity (Wildman–Crippen MR) is 132 cm³/mol. The number of halogens is 1. The smallest absolute Gasteiger partial charge is 0.259 e. The highest BCUT2D eigenvalue weighted by atomic mass is 19.1. The van der Waals surface area contributed by atoms with Crippen molar-refractivity contribution in [1.29, 1.82) is 0 Å². The van der Waals surface area contributed by atoms with Crippen molar-refractivity contribution in [3.63, 3.8) is 0 Å². The van der Waals surface area contributed by atoms with Crippen LogP contribution < -0.4 is 5.73 Å². The fourth-order valence-electron chi connectivity index (χ4n) is 4.65. The molecular weight excluding hydrogens is 427 g/mol. The third-order valence-corrected chi connectivity index (χ3v) is 6.55. The van der Waals surface area contributed by atoms with Gasteiger partial charge in [-0.3, -0.25) is 9.78 Å². The normalized spacial score (nSPS) is 15.7. The number of para-hydroxylation sites is 1. The van der Waals surface area contributed by atoms with Crippen LogP contribution in [0.2, 0.25) is 0 Å². The first-order valence-electron chi connectivity index (χ1n) is 11.6. The van der Waals surface area contributed by atoms with E-state index in [1.54, 1.807) is 29.6 Å². The number of hydrogen-bond donors (Lipinski definition) is 1. The number of allylic oxidation sites excluding steroid dienone is 1. The van der Waals surface area contributed by atoms with E-state index in [1.165, 1.54) is 11.6 Å². The first kappa shape index (κ1) is 22.0. The lowest BCUT2D eigenvalue weighted by molar-refractivity contribution is 0.0814. The van der Waals surface area contributed by atoms with Crippen molar-refractivity contribution in [3.8, 4) is 0 Å². The highest BCUT2D eigenvalue weighted by molar-refractivity contribution is 6.07. The Balaban J connectivity index is 1.37. The third-order valence-electron chi connectivity index (χ3n) is 6.55. The summed E-state index contributed by atoms with van der Waals surface area (Å²) in [5.41, 5.74) is 10.2. The van der Waals surface area contributed by atoms with E-state index in [-0.39, 0.29) is 17.6 Å². The summed E-state index contributed by atoms with van der Waals surface area (Å²) in [5, 5.41) is 0.944. The van der Waals surface area contributed by atoms with Crippen molar-refractivity contribution in [1.82, 2.24) is 14.5 Å². The second-order valence-corrected chi connectivity index (χ2v) is 8.65. The minimum Gasteiger partial charge on any atom is -0.346 e. The molecule has 5 nitrogen and oxygen atoms in total. The van der Waals surface area contributed by atoms with Gasteiger partial charge in [0.2, 0.25) is 0 Å². The summed E-state index contributed by atoms with van der Waals surface area (Å²) < 4.78 is 16.6. The molecule has 5 rings (SSSR count). The molecule has 0 spiro atoms. The van der Waals surface area contributed by atoms with E-state index in [4.69, 9.17) is 5.73 Å². The molecule has 1 aliphatic rings. The lowest BCUT2D eigenvalue weighted by Gasteiger charge is -2.27. The summed E-state index contributed by atoms with van der Waals surface area (Å²) in [6.45, 7) is 1.68. The second kappa shape index (κ2) is 9.61. The van der Waals surface area contributed by atoms with Gasteiger partial charge in [-0.1, -0.05) is 36.4 Å². The predicted octanol–water partition coefficient (Wildman–Crippen LogP) is 5.02. The minimum atomic E-state index is -0.233. The quantitative estimate of drug-likeness (QED) is 0.445. The van der Waals surface area contributed by atoms with Gasteiger partial charge in [0, 0.05) is 61.2 Å². The van der Waals surface area contributed by atoms with Crippen LogP contribution in [0, 0.1) is 5.82 Å². The summed E-state index contributed by atoms with van der Waals surface area (Å²) in [5.74, 6) is -0.342. The lowest BCUT2D eigenvalue weighted by atomic mass is 9.91. The van der Waals surface area contributed by atoms with Crippen LogP contribution in [0.4, 0.5) is 4.39 Å². The van der Waals surface area contributed by atoms with Crippen molar-refractivity contribution in [2.75, 3.05) is 6.54 Å². The molecular formula is C28H27FN4O. The average molecular weight is 455 g/mol. The van der Waals surface area contributed by atoms with E-state index in [9.17, 15) is 9.18 Å². The number of hydrogen-bond acceptors (Lipinski definition) is 3. The monoisotopic (exact) mass is 454 g/mol. The molecule has 0 radical (unpaired) electrons.